The van der Waals surface area contributed by atoms with Gasteiger partial charge in [-0.05, 0) is 23.8 Å². The minimum atomic E-state index is -0.0457. The fourth-order valence-corrected chi connectivity index (χ4v) is 4.27. The molecule has 0 saturated carbocycles. The predicted molar refractivity (Wildman–Crippen MR) is 121 cm³/mol. The van der Waals surface area contributed by atoms with E-state index >= 15 is 0 Å². The maximum atomic E-state index is 12.7. The predicted octanol–water partition coefficient (Wildman–Crippen LogP) is 5.48. The maximum absolute atomic E-state index is 12.7. The molecule has 4 aromatic rings. The molecule has 1 N–H and O–H groups in total. The van der Waals surface area contributed by atoms with Crippen molar-refractivity contribution in [1.82, 2.24) is 4.98 Å². The Morgan fingerprint density at radius 1 is 0.968 bits per heavy atom. The van der Waals surface area contributed by atoms with Crippen LogP contribution in [0.4, 0.5) is 5.69 Å². The average Bonchev–Trinajstić information content (AvgIpc) is 3.41. The van der Waals surface area contributed by atoms with Gasteiger partial charge in [-0.2, -0.15) is 0 Å². The molecule has 0 aliphatic carbocycles. The molecule has 0 bridgehead atoms. The van der Waals surface area contributed by atoms with Crippen LogP contribution in [0, 0.1) is 0 Å². The molecular formula is C25H18N2O3S. The molecule has 1 amide bonds. The van der Waals surface area contributed by atoms with Gasteiger partial charge >= 0.3 is 0 Å². The van der Waals surface area contributed by atoms with E-state index < -0.39 is 0 Å². The third-order valence-corrected chi connectivity index (χ3v) is 5.90. The molecule has 0 fully saturated rings. The highest BCUT2D eigenvalue weighted by molar-refractivity contribution is 7.99. The van der Waals surface area contributed by atoms with Gasteiger partial charge in [-0.3, -0.25) is 9.59 Å². The summed E-state index contributed by atoms with van der Waals surface area (Å²) in [6.07, 6.45) is 0.310. The van der Waals surface area contributed by atoms with Crippen LogP contribution in [0.3, 0.4) is 0 Å². The minimum Gasteiger partial charge on any atom is -0.431 e. The molecule has 1 aromatic heterocycles. The fraction of sp³-hybridized carbons (Fsp3) is 0.0800. The number of nitrogens with one attached hydrogen (secondary N) is 1. The highest BCUT2D eigenvalue weighted by atomic mass is 32.2. The zero-order chi connectivity index (χ0) is 21.2. The number of oxazole rings is 1. The molecule has 0 radical (unpaired) electrons. The molecule has 1 aliphatic rings. The van der Waals surface area contributed by atoms with E-state index in [-0.39, 0.29) is 17.4 Å². The van der Waals surface area contributed by atoms with Crippen LogP contribution in [0.15, 0.2) is 88.5 Å². The Kier molecular flexibility index (Phi) is 5.14. The van der Waals surface area contributed by atoms with Gasteiger partial charge in [0.05, 0.1) is 12.2 Å². The number of thioether (sulfide) groups is 1. The molecule has 3 aromatic carbocycles. The van der Waals surface area contributed by atoms with E-state index in [0.717, 1.165) is 28.1 Å². The van der Waals surface area contributed by atoms with Crippen molar-refractivity contribution in [3.63, 3.8) is 0 Å². The number of anilines is 1. The summed E-state index contributed by atoms with van der Waals surface area (Å²) in [5, 5.41) is 3.23. The lowest BCUT2D eigenvalue weighted by Crippen LogP contribution is -2.03. The zero-order valence-electron chi connectivity index (χ0n) is 16.5. The highest BCUT2D eigenvalue weighted by Gasteiger charge is 2.21. The summed E-state index contributed by atoms with van der Waals surface area (Å²) in [5.74, 6) is 0.802. The SMILES string of the molecule is O=C1Cc2cc(C(=O)CSc3nc(-c4ccccc4)c(-c4ccccc4)o3)ccc2N1. The lowest BCUT2D eigenvalue weighted by Gasteiger charge is -2.02. The van der Waals surface area contributed by atoms with Crippen molar-refractivity contribution >= 4 is 29.1 Å². The van der Waals surface area contributed by atoms with E-state index in [1.54, 1.807) is 18.2 Å². The van der Waals surface area contributed by atoms with Gasteiger partial charge in [0.25, 0.3) is 5.22 Å². The van der Waals surface area contributed by atoms with Crippen LogP contribution in [0.2, 0.25) is 0 Å². The van der Waals surface area contributed by atoms with Crippen LogP contribution in [-0.2, 0) is 11.2 Å². The highest BCUT2D eigenvalue weighted by Crippen LogP contribution is 2.35. The molecule has 0 unspecified atom stereocenters. The molecule has 0 atom stereocenters. The molecule has 0 saturated heterocycles. The smallest absolute Gasteiger partial charge is 0.257 e. The largest absolute Gasteiger partial charge is 0.431 e. The number of Topliss-reactive ketones (excluding diaryl/α,β-unsaturated/α-hetero) is 1. The Morgan fingerprint density at radius 3 is 2.42 bits per heavy atom. The topological polar surface area (TPSA) is 72.2 Å². The number of fused-ring (bicyclic) bond motifs is 1. The van der Waals surface area contributed by atoms with Gasteiger partial charge in [0, 0.05) is 22.4 Å². The summed E-state index contributed by atoms with van der Waals surface area (Å²) in [5.41, 5.74) is 4.86. The molecule has 2 heterocycles. The number of hydrogen-bond donors (Lipinski definition) is 1. The Labute approximate surface area is 183 Å². The van der Waals surface area contributed by atoms with Crippen LogP contribution in [0.5, 0.6) is 0 Å². The van der Waals surface area contributed by atoms with Gasteiger partial charge in [0.1, 0.15) is 5.69 Å². The Morgan fingerprint density at radius 2 is 1.68 bits per heavy atom. The van der Waals surface area contributed by atoms with Gasteiger partial charge in [0.2, 0.25) is 5.91 Å². The van der Waals surface area contributed by atoms with E-state index in [2.05, 4.69) is 10.3 Å². The van der Waals surface area contributed by atoms with E-state index in [4.69, 9.17) is 4.42 Å². The van der Waals surface area contributed by atoms with Crippen molar-refractivity contribution in [2.45, 2.75) is 11.6 Å². The van der Waals surface area contributed by atoms with Crippen molar-refractivity contribution in [2.75, 3.05) is 11.1 Å². The first-order chi connectivity index (χ1) is 15.2. The number of carbonyl (C=O) groups is 2. The Balaban J connectivity index is 1.39. The molecule has 31 heavy (non-hydrogen) atoms. The molecule has 152 valence electrons. The number of nitrogens with zero attached hydrogens (tertiary/aromatic N) is 1. The molecule has 6 heteroatoms. The summed E-state index contributed by atoms with van der Waals surface area (Å²) in [7, 11) is 0. The summed E-state index contributed by atoms with van der Waals surface area (Å²) < 4.78 is 6.07. The second-order valence-corrected chi connectivity index (χ2v) is 8.12. The monoisotopic (exact) mass is 426 g/mol. The number of hydrogen-bond acceptors (Lipinski definition) is 5. The minimum absolute atomic E-state index is 0.0344. The third-order valence-electron chi connectivity index (χ3n) is 5.07. The standard InChI is InChI=1S/C25H18N2O3S/c28-21(18-11-12-20-19(13-18)14-22(29)26-20)15-31-25-27-23(16-7-3-1-4-8-16)24(30-25)17-9-5-2-6-10-17/h1-13H,14-15H2,(H,26,29). The molecule has 5 rings (SSSR count). The van der Waals surface area contributed by atoms with Crippen LogP contribution in [0.25, 0.3) is 22.6 Å². The molecular weight excluding hydrogens is 408 g/mol. The van der Waals surface area contributed by atoms with Gasteiger partial charge < -0.3 is 9.73 Å². The maximum Gasteiger partial charge on any atom is 0.257 e. The van der Waals surface area contributed by atoms with Gasteiger partial charge in [0.15, 0.2) is 11.5 Å². The first-order valence-corrected chi connectivity index (χ1v) is 10.9. The second kappa shape index (κ2) is 8.24. The van der Waals surface area contributed by atoms with E-state index in [9.17, 15) is 9.59 Å². The van der Waals surface area contributed by atoms with Crippen molar-refractivity contribution in [3.05, 3.63) is 90.0 Å². The third kappa shape index (κ3) is 4.02. The average molecular weight is 426 g/mol. The van der Waals surface area contributed by atoms with Gasteiger partial charge in [-0.15, -0.1) is 0 Å². The zero-order valence-corrected chi connectivity index (χ0v) is 17.3. The van der Waals surface area contributed by atoms with Crippen molar-refractivity contribution in [2.24, 2.45) is 0 Å². The Bertz CT molecular complexity index is 1210. The van der Waals surface area contributed by atoms with E-state index in [1.807, 2.05) is 60.7 Å². The van der Waals surface area contributed by atoms with Crippen LogP contribution >= 0.6 is 11.8 Å². The quantitative estimate of drug-likeness (QED) is 0.327. The number of amides is 1. The Hall–Kier alpha value is -3.64. The lowest BCUT2D eigenvalue weighted by atomic mass is 10.1. The fourth-order valence-electron chi connectivity index (χ4n) is 3.55. The summed E-state index contributed by atoms with van der Waals surface area (Å²) in [6, 6.07) is 25.0. The first kappa shape index (κ1) is 19.3. The van der Waals surface area contributed by atoms with Crippen LogP contribution < -0.4 is 5.32 Å². The normalized spacial score (nSPS) is 12.5. The summed E-state index contributed by atoms with van der Waals surface area (Å²) >= 11 is 1.27. The molecule has 5 nitrogen and oxygen atoms in total. The van der Waals surface area contributed by atoms with Crippen molar-refractivity contribution in [3.8, 4) is 22.6 Å². The van der Waals surface area contributed by atoms with Crippen molar-refractivity contribution in [1.29, 1.82) is 0 Å². The number of aromatic nitrogens is 1. The number of rotatable bonds is 6. The van der Waals surface area contributed by atoms with Crippen molar-refractivity contribution < 1.29 is 14.0 Å². The lowest BCUT2D eigenvalue weighted by molar-refractivity contribution is -0.115. The first-order valence-electron chi connectivity index (χ1n) is 9.88. The second-order valence-electron chi connectivity index (χ2n) is 7.20. The van der Waals surface area contributed by atoms with E-state index in [1.165, 1.54) is 11.8 Å². The van der Waals surface area contributed by atoms with Crippen LogP contribution in [0.1, 0.15) is 15.9 Å². The number of carbonyl (C=O) groups excluding carboxylic acids is 2. The molecule has 1 aliphatic heterocycles. The number of benzene rings is 3. The number of ketones is 1. The van der Waals surface area contributed by atoms with Crippen LogP contribution in [-0.4, -0.2) is 22.4 Å². The summed E-state index contributed by atoms with van der Waals surface area (Å²) in [4.78, 5) is 29.0. The van der Waals surface area contributed by atoms with Gasteiger partial charge in [-0.1, -0.05) is 72.4 Å². The molecule has 0 spiro atoms. The van der Waals surface area contributed by atoms with Gasteiger partial charge in [-0.25, -0.2) is 4.98 Å². The van der Waals surface area contributed by atoms with E-state index in [0.29, 0.717) is 23.0 Å². The summed E-state index contributed by atoms with van der Waals surface area (Å²) in [6.45, 7) is 0.